The van der Waals surface area contributed by atoms with Crippen molar-refractivity contribution in [3.63, 3.8) is 0 Å². The number of alkyl halides is 1. The molecule has 1 aliphatic heterocycles. The van der Waals surface area contributed by atoms with Crippen LogP contribution in [-0.4, -0.2) is 34.6 Å². The molecular formula is C4H7FN4O3. The predicted molar refractivity (Wildman–Crippen MR) is 34.5 cm³/mol. The Balaban J connectivity index is 2.75. The molecule has 1 rings (SSSR count). The third-order valence-corrected chi connectivity index (χ3v) is 1.33. The lowest BCUT2D eigenvalue weighted by molar-refractivity contribution is 0.0802. The van der Waals surface area contributed by atoms with Crippen LogP contribution >= 0.6 is 0 Å². The van der Waals surface area contributed by atoms with E-state index < -0.39 is 24.2 Å². The third kappa shape index (κ3) is 1.43. The Morgan fingerprint density at radius 1 is 1.67 bits per heavy atom. The van der Waals surface area contributed by atoms with E-state index >= 15 is 0 Å². The van der Waals surface area contributed by atoms with E-state index in [1.54, 1.807) is 0 Å². The summed E-state index contributed by atoms with van der Waals surface area (Å²) < 4.78 is 12.9. The number of nitrogens with one attached hydrogen (secondary N) is 3. The van der Waals surface area contributed by atoms with E-state index in [4.69, 9.17) is 10.4 Å². The van der Waals surface area contributed by atoms with Gasteiger partial charge in [-0.1, -0.05) is 5.16 Å². The first-order valence-corrected chi connectivity index (χ1v) is 3.02. The molecule has 1 saturated heterocycles. The molecule has 0 radical (unpaired) electrons. The molecule has 7 nitrogen and oxygen atoms in total. The van der Waals surface area contributed by atoms with Crippen molar-refractivity contribution >= 4 is 11.9 Å². The quantitative estimate of drug-likeness (QED) is 0.255. The minimum Gasteiger partial charge on any atom is -0.409 e. The number of halogens is 1. The minimum absolute atomic E-state index is 0.551. The SMILES string of the molecule is O=C1NC(=NO)[C@@H](F)[C@H](NO)N1. The minimum atomic E-state index is -1.82. The molecule has 0 aromatic carbocycles. The molecule has 1 fully saturated rings. The zero-order valence-electron chi connectivity index (χ0n) is 5.78. The van der Waals surface area contributed by atoms with E-state index in [1.807, 2.05) is 10.6 Å². The van der Waals surface area contributed by atoms with Gasteiger partial charge in [-0.3, -0.25) is 5.32 Å². The zero-order chi connectivity index (χ0) is 9.14. The molecule has 12 heavy (non-hydrogen) atoms. The number of carbonyl (C=O) groups excluding carboxylic acids is 1. The summed E-state index contributed by atoms with van der Waals surface area (Å²) in [6.45, 7) is 0. The Morgan fingerprint density at radius 3 is 2.83 bits per heavy atom. The molecule has 0 saturated carbocycles. The topological polar surface area (TPSA) is 106 Å². The van der Waals surface area contributed by atoms with Crippen LogP contribution in [0.25, 0.3) is 0 Å². The van der Waals surface area contributed by atoms with Gasteiger partial charge >= 0.3 is 6.03 Å². The van der Waals surface area contributed by atoms with Gasteiger partial charge in [-0.25, -0.2) is 9.18 Å². The fraction of sp³-hybridized carbons (Fsp3) is 0.500. The largest absolute Gasteiger partial charge is 0.409 e. The third-order valence-electron chi connectivity index (χ3n) is 1.33. The van der Waals surface area contributed by atoms with Crippen LogP contribution < -0.4 is 16.1 Å². The Labute approximate surface area is 66.2 Å². The normalized spacial score (nSPS) is 32.8. The monoisotopic (exact) mass is 178 g/mol. The number of urea groups is 1. The summed E-state index contributed by atoms with van der Waals surface area (Å²) in [7, 11) is 0. The lowest BCUT2D eigenvalue weighted by Gasteiger charge is -2.26. The van der Waals surface area contributed by atoms with Gasteiger partial charge < -0.3 is 15.7 Å². The molecule has 0 aliphatic carbocycles. The molecule has 0 bridgehead atoms. The number of rotatable bonds is 1. The van der Waals surface area contributed by atoms with Crippen molar-refractivity contribution < 1.29 is 19.6 Å². The molecule has 1 aliphatic rings. The highest BCUT2D eigenvalue weighted by Crippen LogP contribution is 2.02. The molecule has 1 heterocycles. The maximum absolute atomic E-state index is 12.9. The van der Waals surface area contributed by atoms with Crippen LogP contribution in [-0.2, 0) is 0 Å². The molecule has 0 aromatic rings. The van der Waals surface area contributed by atoms with Crippen LogP contribution in [0.5, 0.6) is 0 Å². The number of hydrogen-bond donors (Lipinski definition) is 5. The highest BCUT2D eigenvalue weighted by atomic mass is 19.1. The fourth-order valence-electron chi connectivity index (χ4n) is 0.771. The summed E-state index contributed by atoms with van der Waals surface area (Å²) in [6, 6.07) is -0.761. The summed E-state index contributed by atoms with van der Waals surface area (Å²) in [5.74, 6) is -0.551. The van der Waals surface area contributed by atoms with Gasteiger partial charge in [0.2, 0.25) is 0 Å². The summed E-state index contributed by atoms with van der Waals surface area (Å²) in [5, 5.41) is 22.9. The van der Waals surface area contributed by atoms with Crippen molar-refractivity contribution in [2.45, 2.75) is 12.3 Å². The van der Waals surface area contributed by atoms with Gasteiger partial charge in [0, 0.05) is 0 Å². The number of amides is 2. The highest BCUT2D eigenvalue weighted by Gasteiger charge is 2.33. The van der Waals surface area contributed by atoms with Crippen molar-refractivity contribution in [3.8, 4) is 0 Å². The first-order chi connectivity index (χ1) is 5.69. The van der Waals surface area contributed by atoms with E-state index in [0.29, 0.717) is 0 Å². The average Bonchev–Trinajstić information content (AvgIpc) is 2.08. The second-order valence-electron chi connectivity index (χ2n) is 2.09. The van der Waals surface area contributed by atoms with Gasteiger partial charge in [-0.2, -0.15) is 5.48 Å². The van der Waals surface area contributed by atoms with Crippen LogP contribution in [0.1, 0.15) is 0 Å². The highest BCUT2D eigenvalue weighted by molar-refractivity contribution is 6.02. The van der Waals surface area contributed by atoms with Gasteiger partial charge in [0.05, 0.1) is 0 Å². The maximum atomic E-state index is 12.9. The van der Waals surface area contributed by atoms with Gasteiger partial charge in [-0.05, 0) is 0 Å². The molecule has 2 amide bonds. The maximum Gasteiger partial charge on any atom is 0.321 e. The number of nitrogens with zero attached hydrogens (tertiary/aromatic N) is 1. The number of hydroxylamine groups is 1. The zero-order valence-corrected chi connectivity index (χ0v) is 5.78. The summed E-state index contributed by atoms with van der Waals surface area (Å²) >= 11 is 0. The number of oxime groups is 1. The summed E-state index contributed by atoms with van der Waals surface area (Å²) in [5.41, 5.74) is 1.51. The number of carbonyl (C=O) groups is 1. The molecule has 2 atom stereocenters. The Morgan fingerprint density at radius 2 is 2.33 bits per heavy atom. The van der Waals surface area contributed by atoms with Gasteiger partial charge in [0.1, 0.15) is 6.17 Å². The van der Waals surface area contributed by atoms with Gasteiger partial charge in [0.25, 0.3) is 0 Å². The van der Waals surface area contributed by atoms with Crippen molar-refractivity contribution in [3.05, 3.63) is 0 Å². The van der Waals surface area contributed by atoms with Crippen LogP contribution in [0.2, 0.25) is 0 Å². The lowest BCUT2D eigenvalue weighted by atomic mass is 10.2. The molecule has 8 heteroatoms. The van der Waals surface area contributed by atoms with Crippen molar-refractivity contribution in [1.82, 2.24) is 16.1 Å². The summed E-state index contributed by atoms with van der Waals surface area (Å²) in [4.78, 5) is 10.6. The number of hydrogen-bond acceptors (Lipinski definition) is 5. The fourth-order valence-corrected chi connectivity index (χ4v) is 0.771. The van der Waals surface area contributed by atoms with Crippen molar-refractivity contribution in [2.24, 2.45) is 5.16 Å². The van der Waals surface area contributed by atoms with Crippen LogP contribution in [0.3, 0.4) is 0 Å². The Kier molecular flexibility index (Phi) is 2.41. The van der Waals surface area contributed by atoms with E-state index in [-0.39, 0.29) is 0 Å². The van der Waals surface area contributed by atoms with E-state index in [9.17, 15) is 9.18 Å². The second kappa shape index (κ2) is 3.32. The summed E-state index contributed by atoms with van der Waals surface area (Å²) in [6.07, 6.45) is -3.12. The van der Waals surface area contributed by atoms with Gasteiger partial charge in [-0.15, -0.1) is 0 Å². The average molecular weight is 178 g/mol. The Bertz CT molecular complexity index is 220. The van der Waals surface area contributed by atoms with Gasteiger partial charge in [0.15, 0.2) is 12.0 Å². The van der Waals surface area contributed by atoms with Crippen molar-refractivity contribution in [2.75, 3.05) is 0 Å². The van der Waals surface area contributed by atoms with E-state index in [0.717, 1.165) is 0 Å². The van der Waals surface area contributed by atoms with Crippen molar-refractivity contribution in [1.29, 1.82) is 0 Å². The van der Waals surface area contributed by atoms with E-state index in [2.05, 4.69) is 5.16 Å². The lowest BCUT2D eigenvalue weighted by Crippen LogP contribution is -2.64. The molecule has 0 aromatic heterocycles. The molecule has 0 unspecified atom stereocenters. The first-order valence-electron chi connectivity index (χ1n) is 3.02. The molecule has 5 N–H and O–H groups in total. The second-order valence-corrected chi connectivity index (χ2v) is 2.09. The van der Waals surface area contributed by atoms with Crippen LogP contribution in [0.4, 0.5) is 9.18 Å². The van der Waals surface area contributed by atoms with Crippen LogP contribution in [0, 0.1) is 0 Å². The first kappa shape index (κ1) is 8.68. The number of amidine groups is 1. The standard InChI is InChI=1S/C4H7FN4O3/c5-1-2(8-11)6-4(10)7-3(1)9-12/h1-2,8,11-12H,(H2,6,7,9,10)/t1-,2-/m0/s1. The smallest absolute Gasteiger partial charge is 0.321 e. The van der Waals surface area contributed by atoms with E-state index in [1.165, 1.54) is 5.48 Å². The predicted octanol–water partition coefficient (Wildman–Crippen LogP) is -1.27. The molecule has 0 spiro atoms. The molecular weight excluding hydrogens is 171 g/mol. The Hall–Kier alpha value is -1.41. The van der Waals surface area contributed by atoms with Crippen LogP contribution in [0.15, 0.2) is 5.16 Å². The molecule has 68 valence electrons.